The van der Waals surface area contributed by atoms with Crippen molar-refractivity contribution < 1.29 is 4.79 Å². The number of rotatable bonds is 4. The average Bonchev–Trinajstić information content (AvgIpc) is 3.20. The molecule has 3 rings (SSSR count). The van der Waals surface area contributed by atoms with Gasteiger partial charge in [-0.1, -0.05) is 18.2 Å². The third-order valence-electron chi connectivity index (χ3n) is 4.63. The number of amides is 1. The fourth-order valence-corrected chi connectivity index (χ4v) is 3.42. The SMILES string of the molecule is CN(Cc1ccccc1N1CCCC1)C(=O)[C@H]1CCNC1. The van der Waals surface area contributed by atoms with Gasteiger partial charge < -0.3 is 15.1 Å². The van der Waals surface area contributed by atoms with Gasteiger partial charge in [0.15, 0.2) is 0 Å². The van der Waals surface area contributed by atoms with Crippen molar-refractivity contribution in [3.63, 3.8) is 0 Å². The van der Waals surface area contributed by atoms with Gasteiger partial charge in [-0.05, 0) is 37.4 Å². The molecule has 0 radical (unpaired) electrons. The van der Waals surface area contributed by atoms with Crippen LogP contribution in [0.15, 0.2) is 24.3 Å². The highest BCUT2D eigenvalue weighted by atomic mass is 16.2. The van der Waals surface area contributed by atoms with Crippen LogP contribution in [0.4, 0.5) is 5.69 Å². The zero-order valence-corrected chi connectivity index (χ0v) is 12.8. The second kappa shape index (κ2) is 6.48. The van der Waals surface area contributed by atoms with E-state index in [4.69, 9.17) is 0 Å². The summed E-state index contributed by atoms with van der Waals surface area (Å²) in [6, 6.07) is 8.52. The minimum atomic E-state index is 0.161. The molecule has 114 valence electrons. The Morgan fingerprint density at radius 1 is 1.33 bits per heavy atom. The summed E-state index contributed by atoms with van der Waals surface area (Å²) in [7, 11) is 1.93. The summed E-state index contributed by atoms with van der Waals surface area (Å²) in [5.41, 5.74) is 2.57. The molecule has 1 amide bonds. The summed E-state index contributed by atoms with van der Waals surface area (Å²) in [5.74, 6) is 0.435. The van der Waals surface area contributed by atoms with Crippen LogP contribution in [-0.4, -0.2) is 44.0 Å². The highest BCUT2D eigenvalue weighted by Gasteiger charge is 2.26. The molecule has 1 aromatic carbocycles. The largest absolute Gasteiger partial charge is 0.371 e. The quantitative estimate of drug-likeness (QED) is 0.918. The van der Waals surface area contributed by atoms with Crippen LogP contribution >= 0.6 is 0 Å². The molecule has 0 aliphatic carbocycles. The number of hydrogen-bond acceptors (Lipinski definition) is 3. The second-order valence-electron chi connectivity index (χ2n) is 6.21. The van der Waals surface area contributed by atoms with Crippen LogP contribution in [0.25, 0.3) is 0 Å². The predicted molar refractivity (Wildman–Crippen MR) is 85.3 cm³/mol. The molecule has 0 aromatic heterocycles. The van der Waals surface area contributed by atoms with Crippen molar-refractivity contribution in [2.45, 2.75) is 25.8 Å². The van der Waals surface area contributed by atoms with E-state index in [1.54, 1.807) is 0 Å². The molecule has 21 heavy (non-hydrogen) atoms. The van der Waals surface area contributed by atoms with Gasteiger partial charge in [-0.25, -0.2) is 0 Å². The number of nitrogens with zero attached hydrogens (tertiary/aromatic N) is 2. The normalized spacial score (nSPS) is 21.8. The molecule has 0 bridgehead atoms. The topological polar surface area (TPSA) is 35.6 Å². The Balaban J connectivity index is 1.70. The van der Waals surface area contributed by atoms with Crippen LogP contribution in [0.3, 0.4) is 0 Å². The van der Waals surface area contributed by atoms with Gasteiger partial charge in [-0.15, -0.1) is 0 Å². The lowest BCUT2D eigenvalue weighted by Crippen LogP contribution is -2.34. The number of hydrogen-bond donors (Lipinski definition) is 1. The Morgan fingerprint density at radius 3 is 2.81 bits per heavy atom. The van der Waals surface area contributed by atoms with Crippen molar-refractivity contribution in [2.75, 3.05) is 38.1 Å². The third-order valence-corrected chi connectivity index (χ3v) is 4.63. The smallest absolute Gasteiger partial charge is 0.227 e. The molecule has 2 saturated heterocycles. The second-order valence-corrected chi connectivity index (χ2v) is 6.21. The molecule has 0 saturated carbocycles. The summed E-state index contributed by atoms with van der Waals surface area (Å²) in [4.78, 5) is 16.8. The Morgan fingerprint density at radius 2 is 2.10 bits per heavy atom. The Kier molecular flexibility index (Phi) is 4.44. The number of benzene rings is 1. The van der Waals surface area contributed by atoms with Crippen molar-refractivity contribution in [1.82, 2.24) is 10.2 Å². The van der Waals surface area contributed by atoms with Gasteiger partial charge in [0, 0.05) is 38.9 Å². The highest BCUT2D eigenvalue weighted by Crippen LogP contribution is 2.26. The lowest BCUT2D eigenvalue weighted by molar-refractivity contribution is -0.134. The van der Waals surface area contributed by atoms with Gasteiger partial charge in [0.25, 0.3) is 0 Å². The molecule has 2 heterocycles. The van der Waals surface area contributed by atoms with Crippen molar-refractivity contribution >= 4 is 11.6 Å². The van der Waals surface area contributed by atoms with Crippen LogP contribution in [0, 0.1) is 5.92 Å². The van der Waals surface area contributed by atoms with E-state index in [2.05, 4.69) is 34.5 Å². The Bertz CT molecular complexity index is 491. The highest BCUT2D eigenvalue weighted by molar-refractivity contribution is 5.79. The van der Waals surface area contributed by atoms with Gasteiger partial charge in [0.1, 0.15) is 0 Å². The molecule has 1 atom stereocenters. The molecule has 4 nitrogen and oxygen atoms in total. The Hall–Kier alpha value is -1.55. The van der Waals surface area contributed by atoms with Crippen molar-refractivity contribution in [2.24, 2.45) is 5.92 Å². The molecule has 2 fully saturated rings. The number of nitrogens with one attached hydrogen (secondary N) is 1. The summed E-state index contributed by atoms with van der Waals surface area (Å²) < 4.78 is 0. The zero-order valence-electron chi connectivity index (χ0n) is 12.8. The van der Waals surface area contributed by atoms with Crippen molar-refractivity contribution in [3.05, 3.63) is 29.8 Å². The van der Waals surface area contributed by atoms with Crippen LogP contribution in [0.1, 0.15) is 24.8 Å². The van der Waals surface area contributed by atoms with Gasteiger partial charge >= 0.3 is 0 Å². The van der Waals surface area contributed by atoms with E-state index in [9.17, 15) is 4.79 Å². The molecule has 1 aromatic rings. The first kappa shape index (κ1) is 14.4. The van der Waals surface area contributed by atoms with Gasteiger partial charge in [-0.2, -0.15) is 0 Å². The molecule has 2 aliphatic rings. The molecule has 0 unspecified atom stereocenters. The first-order valence-electron chi connectivity index (χ1n) is 8.04. The van der Waals surface area contributed by atoms with E-state index in [1.165, 1.54) is 24.1 Å². The van der Waals surface area contributed by atoms with Crippen LogP contribution < -0.4 is 10.2 Å². The molecular formula is C17H25N3O. The lowest BCUT2D eigenvalue weighted by Gasteiger charge is -2.25. The van der Waals surface area contributed by atoms with Gasteiger partial charge in [0.05, 0.1) is 5.92 Å². The molecule has 2 aliphatic heterocycles. The predicted octanol–water partition coefficient (Wildman–Crippen LogP) is 1.85. The fourth-order valence-electron chi connectivity index (χ4n) is 3.42. The molecule has 4 heteroatoms. The van der Waals surface area contributed by atoms with Crippen LogP contribution in [0.5, 0.6) is 0 Å². The first-order chi connectivity index (χ1) is 10.3. The van der Waals surface area contributed by atoms with Crippen molar-refractivity contribution in [1.29, 1.82) is 0 Å². The van der Waals surface area contributed by atoms with E-state index in [1.807, 2.05) is 11.9 Å². The maximum absolute atomic E-state index is 12.5. The summed E-state index contributed by atoms with van der Waals surface area (Å²) in [6.45, 7) is 4.79. The minimum Gasteiger partial charge on any atom is -0.371 e. The number of para-hydroxylation sites is 1. The monoisotopic (exact) mass is 287 g/mol. The fraction of sp³-hybridized carbons (Fsp3) is 0.588. The van der Waals surface area contributed by atoms with Crippen molar-refractivity contribution in [3.8, 4) is 0 Å². The van der Waals surface area contributed by atoms with E-state index < -0.39 is 0 Å². The maximum Gasteiger partial charge on any atom is 0.227 e. The Labute approximate surface area is 127 Å². The number of anilines is 1. The van der Waals surface area contributed by atoms with Crippen LogP contribution in [0.2, 0.25) is 0 Å². The lowest BCUT2D eigenvalue weighted by atomic mass is 10.1. The average molecular weight is 287 g/mol. The van der Waals surface area contributed by atoms with E-state index in [-0.39, 0.29) is 11.8 Å². The summed E-state index contributed by atoms with van der Waals surface area (Å²) in [5, 5.41) is 3.27. The number of carbonyl (C=O) groups is 1. The summed E-state index contributed by atoms with van der Waals surface area (Å²) >= 11 is 0. The molecule has 0 spiro atoms. The summed E-state index contributed by atoms with van der Waals surface area (Å²) in [6.07, 6.45) is 3.52. The standard InChI is InChI=1S/C17H25N3O/c1-19(17(21)14-8-9-18-12-14)13-15-6-2-3-7-16(15)20-10-4-5-11-20/h2-3,6-7,14,18H,4-5,8-13H2,1H3/t14-/m0/s1. The molecule has 1 N–H and O–H groups in total. The zero-order chi connectivity index (χ0) is 14.7. The van der Waals surface area contributed by atoms with Gasteiger partial charge in [0.2, 0.25) is 5.91 Å². The van der Waals surface area contributed by atoms with E-state index in [0.29, 0.717) is 6.54 Å². The maximum atomic E-state index is 12.5. The minimum absolute atomic E-state index is 0.161. The first-order valence-corrected chi connectivity index (χ1v) is 8.04. The van der Waals surface area contributed by atoms with Crippen LogP contribution in [-0.2, 0) is 11.3 Å². The van der Waals surface area contributed by atoms with E-state index in [0.717, 1.165) is 32.6 Å². The molecular weight excluding hydrogens is 262 g/mol. The van der Waals surface area contributed by atoms with E-state index >= 15 is 0 Å². The van der Waals surface area contributed by atoms with Gasteiger partial charge in [-0.3, -0.25) is 4.79 Å². The number of carbonyl (C=O) groups excluding carboxylic acids is 1. The third kappa shape index (κ3) is 3.21.